The van der Waals surface area contributed by atoms with Crippen LogP contribution in [0.2, 0.25) is 0 Å². The highest BCUT2D eigenvalue weighted by Gasteiger charge is 2.35. The number of hydrogen-bond acceptors (Lipinski definition) is 4. The molecule has 0 radical (unpaired) electrons. The molecule has 0 aliphatic rings. The topological polar surface area (TPSA) is 101 Å². The number of alkyl halides is 3. The van der Waals surface area contributed by atoms with E-state index in [9.17, 15) is 32.9 Å². The fraction of sp³-hybridized carbons (Fsp3) is 0.125. The average molecular weight is 367 g/mol. The third kappa shape index (κ3) is 4.35. The lowest BCUT2D eigenvalue weighted by Crippen LogP contribution is -2.18. The zero-order valence-corrected chi connectivity index (χ0v) is 13.3. The molecule has 10 heteroatoms. The number of anilines is 2. The number of carbonyl (C=O) groups is 2. The van der Waals surface area contributed by atoms with Gasteiger partial charge in [-0.15, -0.1) is 0 Å². The molecular weight excluding hydrogens is 355 g/mol. The maximum Gasteiger partial charge on any atom is 0.418 e. The summed E-state index contributed by atoms with van der Waals surface area (Å²) in [6.07, 6.45) is -4.82. The predicted octanol–water partition coefficient (Wildman–Crippen LogP) is 3.82. The number of rotatable bonds is 4. The molecule has 26 heavy (non-hydrogen) atoms. The maximum atomic E-state index is 13.3. The molecule has 0 bridgehead atoms. The molecule has 2 aromatic carbocycles. The van der Waals surface area contributed by atoms with E-state index < -0.39 is 39.9 Å². The summed E-state index contributed by atoms with van der Waals surface area (Å²) in [6, 6.07) is 7.68. The molecule has 7 nitrogen and oxygen atoms in total. The summed E-state index contributed by atoms with van der Waals surface area (Å²) in [6.45, 7) is 1.14. The molecule has 0 aliphatic carbocycles. The molecule has 2 rings (SSSR count). The number of hydrogen-bond donors (Lipinski definition) is 2. The molecule has 0 heterocycles. The van der Waals surface area contributed by atoms with E-state index >= 15 is 0 Å². The van der Waals surface area contributed by atoms with Gasteiger partial charge in [0, 0.05) is 18.7 Å². The smallest absolute Gasteiger partial charge is 0.326 e. The number of halogens is 3. The van der Waals surface area contributed by atoms with Gasteiger partial charge in [0.1, 0.15) is 5.56 Å². The van der Waals surface area contributed by atoms with Gasteiger partial charge in [0.2, 0.25) is 5.91 Å². The third-order valence-electron chi connectivity index (χ3n) is 3.24. The molecule has 0 atom stereocenters. The highest BCUT2D eigenvalue weighted by atomic mass is 19.4. The van der Waals surface area contributed by atoms with E-state index in [0.29, 0.717) is 6.07 Å². The Hall–Kier alpha value is -3.43. The molecule has 0 saturated heterocycles. The SMILES string of the molecule is CC(=O)Nc1ccc(NC(=O)c2ccccc2[N+](=O)[O-])c(C(F)(F)F)c1. The number of nitro groups is 1. The lowest BCUT2D eigenvalue weighted by atomic mass is 10.1. The van der Waals surface area contributed by atoms with E-state index in [1.807, 2.05) is 5.32 Å². The van der Waals surface area contributed by atoms with Crippen molar-refractivity contribution in [2.45, 2.75) is 13.1 Å². The van der Waals surface area contributed by atoms with Crippen LogP contribution in [0, 0.1) is 10.1 Å². The van der Waals surface area contributed by atoms with Crippen molar-refractivity contribution in [2.75, 3.05) is 10.6 Å². The Kier molecular flexibility index (Phi) is 5.24. The summed E-state index contributed by atoms with van der Waals surface area (Å²) >= 11 is 0. The van der Waals surface area contributed by atoms with Crippen LogP contribution in [-0.2, 0) is 11.0 Å². The van der Waals surface area contributed by atoms with Gasteiger partial charge >= 0.3 is 6.18 Å². The summed E-state index contributed by atoms with van der Waals surface area (Å²) in [5, 5.41) is 15.2. The Morgan fingerprint density at radius 2 is 1.73 bits per heavy atom. The van der Waals surface area contributed by atoms with Gasteiger partial charge in [0.05, 0.1) is 16.2 Å². The van der Waals surface area contributed by atoms with Crippen molar-refractivity contribution in [3.8, 4) is 0 Å². The Balaban J connectivity index is 2.41. The molecule has 2 amide bonds. The second-order valence-electron chi connectivity index (χ2n) is 5.17. The van der Waals surface area contributed by atoms with E-state index in [0.717, 1.165) is 25.1 Å². The molecule has 0 aromatic heterocycles. The number of amides is 2. The molecular formula is C16H12F3N3O4. The van der Waals surface area contributed by atoms with Gasteiger partial charge in [0.15, 0.2) is 0 Å². The minimum absolute atomic E-state index is 0.103. The largest absolute Gasteiger partial charge is 0.418 e. The first-order valence-corrected chi connectivity index (χ1v) is 7.13. The molecule has 136 valence electrons. The fourth-order valence-corrected chi connectivity index (χ4v) is 2.18. The van der Waals surface area contributed by atoms with Crippen LogP contribution in [0.1, 0.15) is 22.8 Å². The van der Waals surface area contributed by atoms with Crippen LogP contribution < -0.4 is 10.6 Å². The highest BCUT2D eigenvalue weighted by Crippen LogP contribution is 2.37. The van der Waals surface area contributed by atoms with E-state index in [-0.39, 0.29) is 11.3 Å². The van der Waals surface area contributed by atoms with Crippen LogP contribution in [0.15, 0.2) is 42.5 Å². The quantitative estimate of drug-likeness (QED) is 0.633. The monoisotopic (exact) mass is 367 g/mol. The average Bonchev–Trinajstić information content (AvgIpc) is 2.54. The van der Waals surface area contributed by atoms with Gasteiger partial charge in [-0.2, -0.15) is 13.2 Å². The summed E-state index contributed by atoms with van der Waals surface area (Å²) in [5.41, 5.74) is -2.80. The minimum Gasteiger partial charge on any atom is -0.326 e. The third-order valence-corrected chi connectivity index (χ3v) is 3.24. The maximum absolute atomic E-state index is 13.3. The molecule has 0 aliphatic heterocycles. The summed E-state index contributed by atoms with van der Waals surface area (Å²) in [5.74, 6) is -1.62. The Morgan fingerprint density at radius 1 is 1.08 bits per heavy atom. The van der Waals surface area contributed by atoms with Crippen molar-refractivity contribution in [1.82, 2.24) is 0 Å². The number of benzene rings is 2. The number of para-hydroxylation sites is 1. The van der Waals surface area contributed by atoms with E-state index in [4.69, 9.17) is 0 Å². The van der Waals surface area contributed by atoms with Crippen LogP contribution in [0.5, 0.6) is 0 Å². The van der Waals surface area contributed by atoms with Crippen molar-refractivity contribution >= 4 is 28.9 Å². The van der Waals surface area contributed by atoms with Gasteiger partial charge < -0.3 is 10.6 Å². The molecule has 2 N–H and O–H groups in total. The fourth-order valence-electron chi connectivity index (χ4n) is 2.18. The van der Waals surface area contributed by atoms with Crippen LogP contribution in [0.25, 0.3) is 0 Å². The van der Waals surface area contributed by atoms with E-state index in [1.54, 1.807) is 0 Å². The van der Waals surface area contributed by atoms with Gasteiger partial charge in [-0.05, 0) is 24.3 Å². The predicted molar refractivity (Wildman–Crippen MR) is 86.8 cm³/mol. The van der Waals surface area contributed by atoms with Gasteiger partial charge in [0.25, 0.3) is 11.6 Å². The molecule has 0 spiro atoms. The number of nitrogens with one attached hydrogen (secondary N) is 2. The van der Waals surface area contributed by atoms with Crippen molar-refractivity contribution in [3.63, 3.8) is 0 Å². The standard InChI is InChI=1S/C16H12F3N3O4/c1-9(23)20-10-6-7-13(12(8-10)16(17,18)19)21-15(24)11-4-2-3-5-14(11)22(25)26/h2-8H,1H3,(H,20,23)(H,21,24). The van der Waals surface area contributed by atoms with Crippen molar-refractivity contribution < 1.29 is 27.7 Å². The lowest BCUT2D eigenvalue weighted by Gasteiger charge is -2.15. The zero-order chi connectivity index (χ0) is 19.5. The lowest BCUT2D eigenvalue weighted by molar-refractivity contribution is -0.385. The second kappa shape index (κ2) is 7.21. The Labute approximate surface area is 145 Å². The normalized spacial score (nSPS) is 10.9. The van der Waals surface area contributed by atoms with Gasteiger partial charge in [-0.25, -0.2) is 0 Å². The first-order valence-electron chi connectivity index (χ1n) is 7.13. The number of nitrogens with zero attached hydrogens (tertiary/aromatic N) is 1. The van der Waals surface area contributed by atoms with Gasteiger partial charge in [-0.3, -0.25) is 19.7 Å². The summed E-state index contributed by atoms with van der Waals surface area (Å²) in [4.78, 5) is 33.4. The van der Waals surface area contributed by atoms with Crippen LogP contribution in [0.4, 0.5) is 30.2 Å². The summed E-state index contributed by atoms with van der Waals surface area (Å²) < 4.78 is 39.8. The first-order chi connectivity index (χ1) is 12.1. The second-order valence-corrected chi connectivity index (χ2v) is 5.17. The highest BCUT2D eigenvalue weighted by molar-refractivity contribution is 6.07. The van der Waals surface area contributed by atoms with Crippen LogP contribution >= 0.6 is 0 Å². The van der Waals surface area contributed by atoms with Crippen LogP contribution in [0.3, 0.4) is 0 Å². The Morgan fingerprint density at radius 3 is 2.31 bits per heavy atom. The summed E-state index contributed by atoms with van der Waals surface area (Å²) in [7, 11) is 0. The Bertz CT molecular complexity index is 881. The molecule has 2 aromatic rings. The number of carbonyl (C=O) groups excluding carboxylic acids is 2. The first kappa shape index (κ1) is 18.9. The van der Waals surface area contributed by atoms with Crippen molar-refractivity contribution in [1.29, 1.82) is 0 Å². The molecule has 0 saturated carbocycles. The van der Waals surface area contributed by atoms with Crippen molar-refractivity contribution in [3.05, 3.63) is 63.7 Å². The molecule has 0 fully saturated rings. The van der Waals surface area contributed by atoms with E-state index in [2.05, 4.69) is 5.32 Å². The zero-order valence-electron chi connectivity index (χ0n) is 13.3. The minimum atomic E-state index is -4.82. The number of nitro benzene ring substituents is 1. The van der Waals surface area contributed by atoms with Crippen molar-refractivity contribution in [2.24, 2.45) is 0 Å². The van der Waals surface area contributed by atoms with E-state index in [1.165, 1.54) is 18.2 Å². The van der Waals surface area contributed by atoms with Gasteiger partial charge in [-0.1, -0.05) is 12.1 Å². The molecule has 0 unspecified atom stereocenters. The van der Waals surface area contributed by atoms with Crippen LogP contribution in [-0.4, -0.2) is 16.7 Å².